The molecule has 0 radical (unpaired) electrons. The number of esters is 1. The minimum atomic E-state index is -0.448. The lowest BCUT2D eigenvalue weighted by atomic mass is 10.2. The van der Waals surface area contributed by atoms with Gasteiger partial charge >= 0.3 is 5.97 Å². The van der Waals surface area contributed by atoms with Crippen molar-refractivity contribution in [2.24, 2.45) is 0 Å². The average Bonchev–Trinajstić information content (AvgIpc) is 2.47. The molecule has 0 aliphatic heterocycles. The van der Waals surface area contributed by atoms with Gasteiger partial charge in [0, 0.05) is 24.1 Å². The Bertz CT molecular complexity index is 612. The molecule has 0 amide bonds. The molecule has 0 spiro atoms. The summed E-state index contributed by atoms with van der Waals surface area (Å²) in [6, 6.07) is 9.13. The minimum Gasteiger partial charge on any atom is -0.465 e. The van der Waals surface area contributed by atoms with Crippen molar-refractivity contribution in [3.8, 4) is 0 Å². The van der Waals surface area contributed by atoms with Crippen LogP contribution in [0.15, 0.2) is 36.5 Å². The van der Waals surface area contributed by atoms with E-state index >= 15 is 0 Å². The van der Waals surface area contributed by atoms with Gasteiger partial charge in [0.25, 0.3) is 0 Å². The van der Waals surface area contributed by atoms with Crippen LogP contribution in [0.3, 0.4) is 0 Å². The zero-order valence-electron chi connectivity index (χ0n) is 11.3. The van der Waals surface area contributed by atoms with Crippen molar-refractivity contribution < 1.29 is 9.53 Å². The molecule has 104 valence electrons. The second-order valence-electron chi connectivity index (χ2n) is 4.35. The maximum Gasteiger partial charge on any atom is 0.339 e. The first-order valence-corrected chi connectivity index (χ1v) is 6.51. The number of benzene rings is 1. The fraction of sp³-hybridized carbons (Fsp3) is 0.200. The lowest BCUT2D eigenvalue weighted by Gasteiger charge is -2.09. The van der Waals surface area contributed by atoms with E-state index in [0.29, 0.717) is 17.1 Å². The lowest BCUT2D eigenvalue weighted by molar-refractivity contribution is 0.0601. The summed E-state index contributed by atoms with van der Waals surface area (Å²) in [4.78, 5) is 15.8. The lowest BCUT2D eigenvalue weighted by Crippen LogP contribution is -2.05. The normalized spacial score (nSPS) is 10.2. The van der Waals surface area contributed by atoms with E-state index in [-0.39, 0.29) is 0 Å². The molecule has 0 aliphatic rings. The molecule has 1 heterocycles. The first-order valence-electron chi connectivity index (χ1n) is 6.13. The summed E-state index contributed by atoms with van der Waals surface area (Å²) >= 11 is 5.97. The smallest absolute Gasteiger partial charge is 0.339 e. The number of ether oxygens (including phenoxy) is 1. The summed E-state index contributed by atoms with van der Waals surface area (Å²) in [7, 11) is 1.33. The van der Waals surface area contributed by atoms with E-state index < -0.39 is 5.97 Å². The van der Waals surface area contributed by atoms with Crippen molar-refractivity contribution in [1.82, 2.24) is 4.98 Å². The van der Waals surface area contributed by atoms with E-state index in [1.165, 1.54) is 7.11 Å². The molecule has 0 bridgehead atoms. The number of nitrogens with one attached hydrogen (secondary N) is 1. The van der Waals surface area contributed by atoms with Crippen LogP contribution in [0.4, 0.5) is 5.69 Å². The monoisotopic (exact) mass is 290 g/mol. The number of aryl methyl sites for hydroxylation is 1. The summed E-state index contributed by atoms with van der Waals surface area (Å²) in [5, 5.41) is 3.60. The fourth-order valence-electron chi connectivity index (χ4n) is 1.71. The predicted octanol–water partition coefficient (Wildman–Crippen LogP) is 3.44. The highest BCUT2D eigenvalue weighted by Gasteiger charge is 2.11. The van der Waals surface area contributed by atoms with E-state index in [2.05, 4.69) is 15.0 Å². The summed E-state index contributed by atoms with van der Waals surface area (Å²) in [5.41, 5.74) is 3.19. The molecule has 0 saturated carbocycles. The van der Waals surface area contributed by atoms with Gasteiger partial charge in [0.05, 0.1) is 17.7 Å². The van der Waals surface area contributed by atoms with Crippen LogP contribution in [0, 0.1) is 6.92 Å². The number of carbonyl (C=O) groups is 1. The molecule has 1 N–H and O–H groups in total. The highest BCUT2D eigenvalue weighted by Crippen LogP contribution is 2.21. The van der Waals surface area contributed by atoms with Crippen molar-refractivity contribution in [2.75, 3.05) is 12.4 Å². The van der Waals surface area contributed by atoms with Gasteiger partial charge in [-0.25, -0.2) is 4.79 Å². The van der Waals surface area contributed by atoms with Crippen LogP contribution in [0.5, 0.6) is 0 Å². The van der Waals surface area contributed by atoms with Gasteiger partial charge in [-0.1, -0.05) is 17.7 Å². The second-order valence-corrected chi connectivity index (χ2v) is 4.75. The number of halogens is 1. The highest BCUT2D eigenvalue weighted by molar-refractivity contribution is 6.33. The molecule has 1 aromatic heterocycles. The fourth-order valence-corrected chi connectivity index (χ4v) is 1.90. The third-order valence-corrected chi connectivity index (χ3v) is 3.17. The van der Waals surface area contributed by atoms with Gasteiger partial charge in [-0.15, -0.1) is 0 Å². The molecule has 0 unspecified atom stereocenters. The van der Waals surface area contributed by atoms with Crippen LogP contribution >= 0.6 is 11.6 Å². The molecule has 0 saturated heterocycles. The largest absolute Gasteiger partial charge is 0.465 e. The van der Waals surface area contributed by atoms with Crippen molar-refractivity contribution in [3.63, 3.8) is 0 Å². The minimum absolute atomic E-state index is 0.348. The van der Waals surface area contributed by atoms with Gasteiger partial charge in [0.2, 0.25) is 0 Å². The van der Waals surface area contributed by atoms with E-state index in [9.17, 15) is 4.79 Å². The Morgan fingerprint density at radius 1 is 1.35 bits per heavy atom. The first-order chi connectivity index (χ1) is 9.60. The first kappa shape index (κ1) is 14.3. The predicted molar refractivity (Wildman–Crippen MR) is 79.1 cm³/mol. The number of nitrogens with zero attached hydrogens (tertiary/aromatic N) is 1. The molecule has 5 heteroatoms. The molecule has 0 aliphatic carbocycles. The number of anilines is 1. The Balaban J connectivity index is 2.10. The maximum absolute atomic E-state index is 11.6. The molecule has 2 aromatic rings. The van der Waals surface area contributed by atoms with Crippen molar-refractivity contribution in [3.05, 3.63) is 58.4 Å². The number of hydrogen-bond donors (Lipinski definition) is 1. The Morgan fingerprint density at radius 2 is 2.15 bits per heavy atom. The van der Waals surface area contributed by atoms with Crippen molar-refractivity contribution in [2.45, 2.75) is 13.5 Å². The third kappa shape index (κ3) is 3.48. The molecule has 20 heavy (non-hydrogen) atoms. The van der Waals surface area contributed by atoms with E-state index in [1.807, 2.05) is 31.3 Å². The van der Waals surface area contributed by atoms with Crippen LogP contribution < -0.4 is 5.32 Å². The SMILES string of the molecule is COC(=O)c1cc(NCc2ccc(C)nc2)ccc1Cl. The zero-order chi connectivity index (χ0) is 14.5. The van der Waals surface area contributed by atoms with E-state index in [1.54, 1.807) is 12.1 Å². The van der Waals surface area contributed by atoms with Gasteiger partial charge in [-0.2, -0.15) is 0 Å². The van der Waals surface area contributed by atoms with Crippen LogP contribution in [-0.4, -0.2) is 18.1 Å². The van der Waals surface area contributed by atoms with Gasteiger partial charge in [0.1, 0.15) is 0 Å². The standard InChI is InChI=1S/C15H15ClN2O2/c1-10-3-4-11(8-17-10)9-18-12-5-6-14(16)13(7-12)15(19)20-2/h3-8,18H,9H2,1-2H3. The number of hydrogen-bond acceptors (Lipinski definition) is 4. The van der Waals surface area contributed by atoms with E-state index in [0.717, 1.165) is 16.9 Å². The summed E-state index contributed by atoms with van der Waals surface area (Å²) in [5.74, 6) is -0.448. The zero-order valence-corrected chi connectivity index (χ0v) is 12.1. The summed E-state index contributed by atoms with van der Waals surface area (Å²) in [6.45, 7) is 2.56. The Morgan fingerprint density at radius 3 is 2.80 bits per heavy atom. The number of carbonyl (C=O) groups excluding carboxylic acids is 1. The summed E-state index contributed by atoms with van der Waals surface area (Å²) < 4.78 is 4.69. The Kier molecular flexibility index (Phi) is 4.58. The molecular formula is C15H15ClN2O2. The number of pyridine rings is 1. The van der Waals surface area contributed by atoms with Gasteiger partial charge in [0.15, 0.2) is 0 Å². The molecule has 0 atom stereocenters. The van der Waals surface area contributed by atoms with Gasteiger partial charge in [-0.05, 0) is 36.8 Å². The van der Waals surface area contributed by atoms with Crippen LogP contribution in [0.1, 0.15) is 21.6 Å². The maximum atomic E-state index is 11.6. The molecule has 2 rings (SSSR count). The van der Waals surface area contributed by atoms with Crippen LogP contribution in [0.2, 0.25) is 5.02 Å². The third-order valence-electron chi connectivity index (χ3n) is 2.84. The van der Waals surface area contributed by atoms with Crippen molar-refractivity contribution in [1.29, 1.82) is 0 Å². The quantitative estimate of drug-likeness (QED) is 0.876. The molecular weight excluding hydrogens is 276 g/mol. The number of aromatic nitrogens is 1. The Hall–Kier alpha value is -2.07. The topological polar surface area (TPSA) is 51.2 Å². The van der Waals surface area contributed by atoms with Gasteiger partial charge in [-0.3, -0.25) is 4.98 Å². The summed E-state index contributed by atoms with van der Waals surface area (Å²) in [6.07, 6.45) is 1.82. The van der Waals surface area contributed by atoms with E-state index in [4.69, 9.17) is 11.6 Å². The molecule has 0 fully saturated rings. The Labute approximate surface area is 122 Å². The van der Waals surface area contributed by atoms with Crippen LogP contribution in [-0.2, 0) is 11.3 Å². The average molecular weight is 291 g/mol. The highest BCUT2D eigenvalue weighted by atomic mass is 35.5. The number of rotatable bonds is 4. The van der Waals surface area contributed by atoms with Crippen molar-refractivity contribution >= 4 is 23.3 Å². The second kappa shape index (κ2) is 6.39. The number of methoxy groups -OCH3 is 1. The molecule has 4 nitrogen and oxygen atoms in total. The van der Waals surface area contributed by atoms with Crippen LogP contribution in [0.25, 0.3) is 0 Å². The molecule has 1 aromatic carbocycles. The van der Waals surface area contributed by atoms with Gasteiger partial charge < -0.3 is 10.1 Å².